The molecule has 62 valence electrons. The summed E-state index contributed by atoms with van der Waals surface area (Å²) in [6.45, 7) is 13.6. The number of nitrogens with one attached hydrogen (secondary N) is 1. The zero-order chi connectivity index (χ0) is 8.58. The molecule has 0 aromatic carbocycles. The van der Waals surface area contributed by atoms with Crippen molar-refractivity contribution in [3.63, 3.8) is 0 Å². The van der Waals surface area contributed by atoms with Gasteiger partial charge in [0.25, 0.3) is 0 Å². The van der Waals surface area contributed by atoms with Crippen LogP contribution in [0.4, 0.5) is 0 Å². The molecule has 0 amide bonds. The fraction of sp³-hybridized carbons (Fsp3) is 1.00. The predicted molar refractivity (Wildman–Crippen MR) is 46.4 cm³/mol. The molecule has 0 bridgehead atoms. The minimum atomic E-state index is 0.359. The first kappa shape index (κ1) is 9.96. The molecule has 0 aromatic heterocycles. The molecular weight excluding hydrogens is 122 g/mol. The van der Waals surface area contributed by atoms with E-state index in [1.807, 2.05) is 0 Å². The molecule has 0 aliphatic rings. The molecule has 1 heteroatoms. The van der Waals surface area contributed by atoms with Crippen LogP contribution in [0.2, 0.25) is 0 Å². The van der Waals surface area contributed by atoms with Crippen LogP contribution in [0.25, 0.3) is 0 Å². The Morgan fingerprint density at radius 3 is 0.900 bits per heavy atom. The summed E-state index contributed by atoms with van der Waals surface area (Å²) in [6.07, 6.45) is 0. The van der Waals surface area contributed by atoms with Gasteiger partial charge in [-0.15, -0.1) is 0 Å². The lowest BCUT2D eigenvalue weighted by molar-refractivity contribution is -0.972. The first-order valence-corrected chi connectivity index (χ1v) is 4.00. The Hall–Kier alpha value is -0.0400. The van der Waals surface area contributed by atoms with Crippen molar-refractivity contribution in [1.29, 1.82) is 0 Å². The van der Waals surface area contributed by atoms with Gasteiger partial charge in [0.15, 0.2) is 0 Å². The van der Waals surface area contributed by atoms with Crippen molar-refractivity contribution in [2.75, 3.05) is 7.05 Å². The minimum absolute atomic E-state index is 0.359. The number of hydrogen-bond acceptors (Lipinski definition) is 0. The lowest BCUT2D eigenvalue weighted by Gasteiger charge is -2.38. The van der Waals surface area contributed by atoms with Crippen LogP contribution >= 0.6 is 0 Å². The SMILES string of the molecule is C[NH+](C(C)(C)C)C(C)(C)C. The van der Waals surface area contributed by atoms with Crippen molar-refractivity contribution in [2.24, 2.45) is 0 Å². The first-order chi connectivity index (χ1) is 4.15. The van der Waals surface area contributed by atoms with E-state index in [2.05, 4.69) is 48.6 Å². The summed E-state index contributed by atoms with van der Waals surface area (Å²) >= 11 is 0. The van der Waals surface area contributed by atoms with Gasteiger partial charge in [0.2, 0.25) is 0 Å². The second kappa shape index (κ2) is 2.54. The smallest absolute Gasteiger partial charge is 0.0893 e. The quantitative estimate of drug-likeness (QED) is 0.519. The second-order valence-electron chi connectivity index (χ2n) is 5.12. The Kier molecular flexibility index (Phi) is 2.53. The summed E-state index contributed by atoms with van der Waals surface area (Å²) in [7, 11) is 2.25. The Morgan fingerprint density at radius 2 is 0.900 bits per heavy atom. The van der Waals surface area contributed by atoms with Crippen LogP contribution in [0.1, 0.15) is 41.5 Å². The monoisotopic (exact) mass is 144 g/mol. The fourth-order valence-electron chi connectivity index (χ4n) is 1.12. The van der Waals surface area contributed by atoms with E-state index in [1.54, 1.807) is 4.90 Å². The van der Waals surface area contributed by atoms with Gasteiger partial charge in [-0.1, -0.05) is 0 Å². The molecule has 10 heavy (non-hydrogen) atoms. The molecular formula is C9H22N+. The van der Waals surface area contributed by atoms with Crippen molar-refractivity contribution in [1.82, 2.24) is 0 Å². The number of rotatable bonds is 0. The molecule has 0 rings (SSSR count). The molecule has 0 aromatic rings. The summed E-state index contributed by atoms with van der Waals surface area (Å²) in [5.74, 6) is 0. The van der Waals surface area contributed by atoms with Crippen LogP contribution in [0.5, 0.6) is 0 Å². The lowest BCUT2D eigenvalue weighted by Crippen LogP contribution is -3.22. The Morgan fingerprint density at radius 1 is 0.700 bits per heavy atom. The standard InChI is InChI=1S/C9H21N/c1-8(2,3)10(7)9(4,5)6/h1-7H3/p+1. The number of quaternary nitrogens is 1. The molecule has 0 aliphatic heterocycles. The highest BCUT2D eigenvalue weighted by molar-refractivity contribution is 4.64. The molecule has 1 N–H and O–H groups in total. The van der Waals surface area contributed by atoms with Crippen LogP contribution in [0.15, 0.2) is 0 Å². The Bertz CT molecular complexity index is 88.9. The largest absolute Gasteiger partial charge is 0.329 e. The summed E-state index contributed by atoms with van der Waals surface area (Å²) in [6, 6.07) is 0. The van der Waals surface area contributed by atoms with Crippen molar-refractivity contribution >= 4 is 0 Å². The summed E-state index contributed by atoms with van der Waals surface area (Å²) in [5.41, 5.74) is 0.719. The zero-order valence-corrected chi connectivity index (χ0v) is 8.50. The molecule has 1 nitrogen and oxygen atoms in total. The molecule has 0 radical (unpaired) electrons. The topological polar surface area (TPSA) is 4.44 Å². The minimum Gasteiger partial charge on any atom is -0.329 e. The second-order valence-corrected chi connectivity index (χ2v) is 5.12. The van der Waals surface area contributed by atoms with Gasteiger partial charge in [0.1, 0.15) is 0 Å². The van der Waals surface area contributed by atoms with Crippen molar-refractivity contribution in [2.45, 2.75) is 52.6 Å². The summed E-state index contributed by atoms with van der Waals surface area (Å²) in [5, 5.41) is 0. The van der Waals surface area contributed by atoms with E-state index in [1.165, 1.54) is 0 Å². The molecule has 0 spiro atoms. The highest BCUT2D eigenvalue weighted by Crippen LogP contribution is 2.00. The van der Waals surface area contributed by atoms with Gasteiger partial charge >= 0.3 is 0 Å². The van der Waals surface area contributed by atoms with Gasteiger partial charge in [-0.2, -0.15) is 0 Å². The van der Waals surface area contributed by atoms with Gasteiger partial charge in [-0.25, -0.2) is 0 Å². The van der Waals surface area contributed by atoms with E-state index in [9.17, 15) is 0 Å². The van der Waals surface area contributed by atoms with Crippen LogP contribution in [0.3, 0.4) is 0 Å². The maximum Gasteiger partial charge on any atom is 0.0893 e. The predicted octanol–water partition coefficient (Wildman–Crippen LogP) is 1.10. The van der Waals surface area contributed by atoms with Crippen LogP contribution in [0, 0.1) is 0 Å². The zero-order valence-electron chi connectivity index (χ0n) is 8.50. The van der Waals surface area contributed by atoms with Crippen molar-refractivity contribution in [3.8, 4) is 0 Å². The van der Waals surface area contributed by atoms with E-state index in [-0.39, 0.29) is 0 Å². The van der Waals surface area contributed by atoms with Gasteiger partial charge in [0.05, 0.1) is 18.1 Å². The van der Waals surface area contributed by atoms with E-state index < -0.39 is 0 Å². The molecule has 0 aliphatic carbocycles. The molecule has 0 unspecified atom stereocenters. The van der Waals surface area contributed by atoms with E-state index >= 15 is 0 Å². The van der Waals surface area contributed by atoms with Gasteiger partial charge in [-0.05, 0) is 41.5 Å². The molecule has 0 saturated carbocycles. The van der Waals surface area contributed by atoms with Crippen molar-refractivity contribution in [3.05, 3.63) is 0 Å². The van der Waals surface area contributed by atoms with E-state index in [0.29, 0.717) is 11.1 Å². The Balaban J connectivity index is 4.23. The fourth-order valence-corrected chi connectivity index (χ4v) is 1.12. The molecule has 0 saturated heterocycles. The summed E-state index contributed by atoms with van der Waals surface area (Å²) < 4.78 is 0. The van der Waals surface area contributed by atoms with E-state index in [0.717, 1.165) is 0 Å². The number of hydrogen-bond donors (Lipinski definition) is 1. The van der Waals surface area contributed by atoms with Gasteiger partial charge in [0, 0.05) is 0 Å². The van der Waals surface area contributed by atoms with Crippen LogP contribution < -0.4 is 4.90 Å². The maximum atomic E-state index is 2.27. The highest BCUT2D eigenvalue weighted by Gasteiger charge is 2.31. The highest BCUT2D eigenvalue weighted by atomic mass is 15.2. The average molecular weight is 144 g/mol. The van der Waals surface area contributed by atoms with E-state index in [4.69, 9.17) is 0 Å². The maximum absolute atomic E-state index is 2.27. The normalized spacial score (nSPS) is 14.4. The molecule has 0 fully saturated rings. The van der Waals surface area contributed by atoms with Crippen LogP contribution in [-0.4, -0.2) is 18.1 Å². The van der Waals surface area contributed by atoms with Gasteiger partial charge < -0.3 is 4.90 Å². The summed E-state index contributed by atoms with van der Waals surface area (Å²) in [4.78, 5) is 1.57. The third kappa shape index (κ3) is 2.70. The molecule has 0 atom stereocenters. The van der Waals surface area contributed by atoms with Gasteiger partial charge in [-0.3, -0.25) is 0 Å². The Labute approximate surface area is 65.4 Å². The third-order valence-corrected chi connectivity index (χ3v) is 2.25. The lowest BCUT2D eigenvalue weighted by atomic mass is 9.98. The first-order valence-electron chi connectivity index (χ1n) is 4.00. The average Bonchev–Trinajstić information content (AvgIpc) is 1.59. The molecule has 0 heterocycles. The third-order valence-electron chi connectivity index (χ3n) is 2.25. The van der Waals surface area contributed by atoms with Crippen LogP contribution in [-0.2, 0) is 0 Å². The van der Waals surface area contributed by atoms with Crippen molar-refractivity contribution < 1.29 is 4.90 Å².